The molecule has 6 heteroatoms. The Hall–Kier alpha value is -0.940. The van der Waals surface area contributed by atoms with Gasteiger partial charge in [0.2, 0.25) is 0 Å². The summed E-state index contributed by atoms with van der Waals surface area (Å²) in [6.45, 7) is 1.31. The average Bonchev–Trinajstić information content (AvgIpc) is 2.46. The first-order chi connectivity index (χ1) is 9.43. The van der Waals surface area contributed by atoms with E-state index in [1.54, 1.807) is 6.07 Å². The third-order valence-corrected chi connectivity index (χ3v) is 3.98. The summed E-state index contributed by atoms with van der Waals surface area (Å²) < 4.78 is 44.3. The molecule has 1 aliphatic rings. The summed E-state index contributed by atoms with van der Waals surface area (Å²) >= 11 is 5.59. The molecule has 2 rings (SSSR count). The standard InChI is InChI=1S/C14H17ClF3NO/c1-19(11-4-6-20-7-5-11)12-3-2-10(9-15)13(8-12)14(16,17)18/h2-3,8,11H,4-7,9H2,1H3. The van der Waals surface area contributed by atoms with Crippen LogP contribution in [0.15, 0.2) is 18.2 Å². The molecule has 0 atom stereocenters. The minimum absolute atomic E-state index is 0.114. The van der Waals surface area contributed by atoms with Crippen LogP contribution in [0.2, 0.25) is 0 Å². The number of ether oxygens (including phenoxy) is 1. The highest BCUT2D eigenvalue weighted by Gasteiger charge is 2.34. The zero-order valence-electron chi connectivity index (χ0n) is 11.2. The Morgan fingerprint density at radius 1 is 1.30 bits per heavy atom. The van der Waals surface area contributed by atoms with Crippen LogP contribution in [0.25, 0.3) is 0 Å². The van der Waals surface area contributed by atoms with Crippen molar-refractivity contribution >= 4 is 17.3 Å². The van der Waals surface area contributed by atoms with Crippen molar-refractivity contribution in [3.8, 4) is 0 Å². The van der Waals surface area contributed by atoms with Gasteiger partial charge in [-0.2, -0.15) is 13.2 Å². The van der Waals surface area contributed by atoms with Gasteiger partial charge in [0.05, 0.1) is 5.56 Å². The highest BCUT2D eigenvalue weighted by Crippen LogP contribution is 2.35. The van der Waals surface area contributed by atoms with E-state index >= 15 is 0 Å². The predicted octanol–water partition coefficient (Wildman–Crippen LogP) is 4.06. The summed E-state index contributed by atoms with van der Waals surface area (Å²) in [4.78, 5) is 1.90. The van der Waals surface area contributed by atoms with Crippen molar-refractivity contribution in [2.45, 2.75) is 30.9 Å². The first-order valence-electron chi connectivity index (χ1n) is 6.50. The predicted molar refractivity (Wildman–Crippen MR) is 73.2 cm³/mol. The van der Waals surface area contributed by atoms with Crippen LogP contribution >= 0.6 is 11.6 Å². The zero-order valence-corrected chi connectivity index (χ0v) is 12.0. The van der Waals surface area contributed by atoms with E-state index in [9.17, 15) is 13.2 Å². The van der Waals surface area contributed by atoms with Crippen LogP contribution in [0.4, 0.5) is 18.9 Å². The fourth-order valence-electron chi connectivity index (χ4n) is 2.45. The van der Waals surface area contributed by atoms with Gasteiger partial charge in [0.25, 0.3) is 0 Å². The van der Waals surface area contributed by atoms with Gasteiger partial charge in [-0.25, -0.2) is 0 Å². The number of hydrogen-bond acceptors (Lipinski definition) is 2. The molecule has 0 amide bonds. The van der Waals surface area contributed by atoms with E-state index in [4.69, 9.17) is 16.3 Å². The summed E-state index contributed by atoms with van der Waals surface area (Å²) in [7, 11) is 1.83. The van der Waals surface area contributed by atoms with E-state index < -0.39 is 11.7 Å². The van der Waals surface area contributed by atoms with E-state index in [-0.39, 0.29) is 17.5 Å². The van der Waals surface area contributed by atoms with Crippen LogP contribution in [0.5, 0.6) is 0 Å². The minimum atomic E-state index is -4.38. The van der Waals surface area contributed by atoms with Crippen molar-refractivity contribution in [1.29, 1.82) is 0 Å². The lowest BCUT2D eigenvalue weighted by atomic mass is 10.0. The molecule has 0 N–H and O–H groups in total. The van der Waals surface area contributed by atoms with Gasteiger partial charge in [0, 0.05) is 37.9 Å². The zero-order chi connectivity index (χ0) is 14.8. The average molecular weight is 308 g/mol. The number of halogens is 4. The Kier molecular flexibility index (Phi) is 4.81. The van der Waals surface area contributed by atoms with Gasteiger partial charge in [-0.05, 0) is 30.5 Å². The monoisotopic (exact) mass is 307 g/mol. The molecule has 0 radical (unpaired) electrons. The van der Waals surface area contributed by atoms with Crippen LogP contribution in [-0.4, -0.2) is 26.3 Å². The number of anilines is 1. The van der Waals surface area contributed by atoms with Crippen molar-refractivity contribution in [2.24, 2.45) is 0 Å². The Labute approximate surface area is 121 Å². The van der Waals surface area contributed by atoms with Gasteiger partial charge in [-0.3, -0.25) is 0 Å². The van der Waals surface area contributed by atoms with Crippen molar-refractivity contribution in [2.75, 3.05) is 25.2 Å². The minimum Gasteiger partial charge on any atom is -0.381 e. The van der Waals surface area contributed by atoms with Crippen LogP contribution in [0.3, 0.4) is 0 Å². The SMILES string of the molecule is CN(c1ccc(CCl)c(C(F)(F)F)c1)C1CCOCC1. The largest absolute Gasteiger partial charge is 0.416 e. The van der Waals surface area contributed by atoms with Gasteiger partial charge in [-0.15, -0.1) is 11.6 Å². The van der Waals surface area contributed by atoms with Crippen LogP contribution in [0.1, 0.15) is 24.0 Å². The Morgan fingerprint density at radius 2 is 1.95 bits per heavy atom. The van der Waals surface area contributed by atoms with Crippen molar-refractivity contribution in [3.63, 3.8) is 0 Å². The van der Waals surface area contributed by atoms with E-state index in [0.29, 0.717) is 18.9 Å². The smallest absolute Gasteiger partial charge is 0.381 e. The number of alkyl halides is 4. The molecule has 0 unspecified atom stereocenters. The first-order valence-corrected chi connectivity index (χ1v) is 7.03. The molecular formula is C14H17ClF3NO. The summed E-state index contributed by atoms with van der Waals surface area (Å²) in [5, 5.41) is 0. The lowest BCUT2D eigenvalue weighted by Gasteiger charge is -2.33. The second-order valence-corrected chi connectivity index (χ2v) is 5.19. The normalized spacial score (nSPS) is 17.2. The molecular weight excluding hydrogens is 291 g/mol. The van der Waals surface area contributed by atoms with E-state index in [2.05, 4.69) is 0 Å². The molecule has 1 fully saturated rings. The number of rotatable bonds is 3. The van der Waals surface area contributed by atoms with Gasteiger partial charge in [0.1, 0.15) is 0 Å². The number of hydrogen-bond donors (Lipinski definition) is 0. The molecule has 1 aromatic rings. The number of benzene rings is 1. The van der Waals surface area contributed by atoms with Crippen molar-refractivity contribution in [3.05, 3.63) is 29.3 Å². The summed E-state index contributed by atoms with van der Waals surface area (Å²) in [5.74, 6) is -0.143. The summed E-state index contributed by atoms with van der Waals surface area (Å²) in [6.07, 6.45) is -2.72. The van der Waals surface area contributed by atoms with Crippen molar-refractivity contribution in [1.82, 2.24) is 0 Å². The van der Waals surface area contributed by atoms with E-state index in [1.807, 2.05) is 11.9 Å². The summed E-state index contributed by atoms with van der Waals surface area (Å²) in [6, 6.07) is 4.56. The Morgan fingerprint density at radius 3 is 2.50 bits per heavy atom. The highest BCUT2D eigenvalue weighted by molar-refractivity contribution is 6.17. The van der Waals surface area contributed by atoms with E-state index in [0.717, 1.165) is 12.8 Å². The molecule has 20 heavy (non-hydrogen) atoms. The lowest BCUT2D eigenvalue weighted by molar-refractivity contribution is -0.138. The van der Waals surface area contributed by atoms with Gasteiger partial charge in [0.15, 0.2) is 0 Å². The Bertz CT molecular complexity index is 458. The van der Waals surface area contributed by atoms with E-state index in [1.165, 1.54) is 12.1 Å². The fourth-order valence-corrected chi connectivity index (χ4v) is 2.68. The van der Waals surface area contributed by atoms with Crippen LogP contribution in [-0.2, 0) is 16.8 Å². The molecule has 1 aromatic carbocycles. The van der Waals surface area contributed by atoms with Crippen LogP contribution < -0.4 is 4.90 Å². The topological polar surface area (TPSA) is 12.5 Å². The second-order valence-electron chi connectivity index (χ2n) is 4.93. The molecule has 0 bridgehead atoms. The maximum absolute atomic E-state index is 13.0. The molecule has 1 saturated heterocycles. The molecule has 1 aliphatic heterocycles. The maximum Gasteiger partial charge on any atom is 0.416 e. The van der Waals surface area contributed by atoms with Gasteiger partial charge >= 0.3 is 6.18 Å². The molecule has 112 valence electrons. The molecule has 0 aliphatic carbocycles. The first kappa shape index (κ1) is 15.4. The maximum atomic E-state index is 13.0. The van der Waals surface area contributed by atoms with Crippen molar-refractivity contribution < 1.29 is 17.9 Å². The Balaban J connectivity index is 2.28. The molecule has 2 nitrogen and oxygen atoms in total. The lowest BCUT2D eigenvalue weighted by Crippen LogP contribution is -2.36. The fraction of sp³-hybridized carbons (Fsp3) is 0.571. The highest BCUT2D eigenvalue weighted by atomic mass is 35.5. The third-order valence-electron chi connectivity index (χ3n) is 3.69. The molecule has 0 saturated carbocycles. The third kappa shape index (κ3) is 3.38. The molecule has 1 heterocycles. The molecule has 0 spiro atoms. The quantitative estimate of drug-likeness (QED) is 0.781. The van der Waals surface area contributed by atoms with Gasteiger partial charge < -0.3 is 9.64 Å². The van der Waals surface area contributed by atoms with Crippen LogP contribution in [0, 0.1) is 0 Å². The number of nitrogens with zero attached hydrogens (tertiary/aromatic N) is 1. The second kappa shape index (κ2) is 6.22. The van der Waals surface area contributed by atoms with Gasteiger partial charge in [-0.1, -0.05) is 6.07 Å². The summed E-state index contributed by atoms with van der Waals surface area (Å²) in [5.41, 5.74) is 0.0327. The molecule has 0 aromatic heterocycles.